The summed E-state index contributed by atoms with van der Waals surface area (Å²) in [4.78, 5) is 11.3. The van der Waals surface area contributed by atoms with E-state index in [1.807, 2.05) is 20.8 Å². The van der Waals surface area contributed by atoms with Gasteiger partial charge in [-0.3, -0.25) is 4.79 Å². The number of hydrogen-bond acceptors (Lipinski definition) is 4. The van der Waals surface area contributed by atoms with E-state index in [1.54, 1.807) is 0 Å². The molecule has 1 fully saturated rings. The first-order valence-electron chi connectivity index (χ1n) is 5.33. The predicted molar refractivity (Wildman–Crippen MR) is 55.2 cm³/mol. The van der Waals surface area contributed by atoms with Gasteiger partial charge in [-0.2, -0.15) is 0 Å². The third-order valence-corrected chi connectivity index (χ3v) is 3.95. The lowest BCUT2D eigenvalue weighted by Gasteiger charge is -2.43. The summed E-state index contributed by atoms with van der Waals surface area (Å²) in [6, 6.07) is 0. The lowest BCUT2D eigenvalue weighted by atomic mass is 9.67. The van der Waals surface area contributed by atoms with E-state index < -0.39 is 11.0 Å². The number of aliphatic hydroxyl groups is 2. The number of ether oxygens (including phenoxy) is 1. The van der Waals surface area contributed by atoms with Crippen LogP contribution < -0.4 is 0 Å². The predicted octanol–water partition coefficient (Wildman–Crippen LogP) is 0.709. The van der Waals surface area contributed by atoms with Gasteiger partial charge < -0.3 is 14.9 Å². The van der Waals surface area contributed by atoms with Crippen LogP contribution in [0.15, 0.2) is 0 Å². The Balaban J connectivity index is 2.96. The third-order valence-electron chi connectivity index (χ3n) is 3.95. The molecule has 0 radical (unpaired) electrons. The van der Waals surface area contributed by atoms with E-state index in [1.165, 1.54) is 0 Å². The Bertz CT molecular complexity index is 253. The number of carbonyl (C=O) groups is 1. The molecule has 0 aromatic carbocycles. The number of carbonyl (C=O) groups excluding carboxylic acids is 1. The van der Waals surface area contributed by atoms with Crippen LogP contribution in [-0.4, -0.2) is 35.0 Å². The summed E-state index contributed by atoms with van der Waals surface area (Å²) in [5.41, 5.74) is -1.26. The average Bonchev–Trinajstić information content (AvgIpc) is 2.42. The molecular formula is C11H20O4. The largest absolute Gasteiger partial charge is 0.458 e. The Morgan fingerprint density at radius 3 is 2.53 bits per heavy atom. The van der Waals surface area contributed by atoms with Crippen molar-refractivity contribution in [1.82, 2.24) is 0 Å². The normalized spacial score (nSPS) is 35.0. The van der Waals surface area contributed by atoms with Crippen LogP contribution >= 0.6 is 0 Å². The van der Waals surface area contributed by atoms with Crippen molar-refractivity contribution in [3.63, 3.8) is 0 Å². The first-order chi connectivity index (χ1) is 6.89. The molecule has 0 spiro atoms. The molecule has 4 heteroatoms. The van der Waals surface area contributed by atoms with Crippen LogP contribution in [0.1, 0.15) is 33.6 Å². The molecule has 15 heavy (non-hydrogen) atoms. The second-order valence-electron chi connectivity index (χ2n) is 4.88. The van der Waals surface area contributed by atoms with Gasteiger partial charge in [0.15, 0.2) is 0 Å². The fourth-order valence-corrected chi connectivity index (χ4v) is 2.27. The van der Waals surface area contributed by atoms with Gasteiger partial charge in [0.1, 0.15) is 5.60 Å². The van der Waals surface area contributed by atoms with E-state index >= 15 is 0 Å². The zero-order valence-electron chi connectivity index (χ0n) is 9.62. The molecule has 1 aliphatic heterocycles. The van der Waals surface area contributed by atoms with Gasteiger partial charge in [0, 0.05) is 17.9 Å². The Labute approximate surface area is 90.2 Å². The summed E-state index contributed by atoms with van der Waals surface area (Å²) < 4.78 is 5.36. The molecule has 0 bridgehead atoms. The van der Waals surface area contributed by atoms with Gasteiger partial charge >= 0.3 is 5.97 Å². The number of esters is 1. The average molecular weight is 216 g/mol. The van der Waals surface area contributed by atoms with Crippen LogP contribution in [0.4, 0.5) is 0 Å². The first kappa shape index (κ1) is 12.5. The van der Waals surface area contributed by atoms with E-state index in [-0.39, 0.29) is 25.1 Å². The smallest absolute Gasteiger partial charge is 0.306 e. The van der Waals surface area contributed by atoms with Gasteiger partial charge in [0.25, 0.3) is 0 Å². The summed E-state index contributed by atoms with van der Waals surface area (Å²) >= 11 is 0. The van der Waals surface area contributed by atoms with E-state index in [9.17, 15) is 9.90 Å². The van der Waals surface area contributed by atoms with Crippen LogP contribution in [0.5, 0.6) is 0 Å². The molecule has 1 aliphatic rings. The first-order valence-corrected chi connectivity index (χ1v) is 5.33. The molecule has 0 aromatic rings. The summed E-state index contributed by atoms with van der Waals surface area (Å²) in [7, 11) is 0. The van der Waals surface area contributed by atoms with Gasteiger partial charge in [-0.1, -0.05) is 13.8 Å². The van der Waals surface area contributed by atoms with E-state index in [0.717, 1.165) is 0 Å². The lowest BCUT2D eigenvalue weighted by molar-refractivity contribution is -0.167. The highest BCUT2D eigenvalue weighted by atomic mass is 16.6. The molecule has 0 saturated carbocycles. The van der Waals surface area contributed by atoms with Crippen molar-refractivity contribution in [2.24, 2.45) is 11.3 Å². The standard InChI is InChI=1S/C11H20O4/c1-8-6-9(14)15-11(8,3)10(2,7-13)4-5-12/h8,12-13H,4-7H2,1-3H3. The van der Waals surface area contributed by atoms with Crippen molar-refractivity contribution < 1.29 is 19.7 Å². The van der Waals surface area contributed by atoms with Gasteiger partial charge in [0.05, 0.1) is 13.0 Å². The van der Waals surface area contributed by atoms with Crippen molar-refractivity contribution in [1.29, 1.82) is 0 Å². The number of cyclic esters (lactones) is 1. The van der Waals surface area contributed by atoms with E-state index in [2.05, 4.69) is 0 Å². The summed E-state index contributed by atoms with van der Waals surface area (Å²) in [5, 5.41) is 18.5. The zero-order chi connectivity index (χ0) is 11.7. The summed E-state index contributed by atoms with van der Waals surface area (Å²) in [5.74, 6) is -0.156. The monoisotopic (exact) mass is 216 g/mol. The van der Waals surface area contributed by atoms with Crippen LogP contribution in [0.25, 0.3) is 0 Å². The van der Waals surface area contributed by atoms with Gasteiger partial charge in [-0.05, 0) is 13.3 Å². The number of hydrogen-bond donors (Lipinski definition) is 2. The zero-order valence-corrected chi connectivity index (χ0v) is 9.62. The molecule has 88 valence electrons. The maximum Gasteiger partial charge on any atom is 0.306 e. The quantitative estimate of drug-likeness (QED) is 0.679. The molecule has 1 saturated heterocycles. The number of rotatable bonds is 4. The molecule has 0 amide bonds. The topological polar surface area (TPSA) is 66.8 Å². The molecule has 1 heterocycles. The van der Waals surface area contributed by atoms with Crippen molar-refractivity contribution in [3.05, 3.63) is 0 Å². The molecule has 2 N–H and O–H groups in total. The Morgan fingerprint density at radius 2 is 2.20 bits per heavy atom. The molecule has 3 atom stereocenters. The van der Waals surface area contributed by atoms with E-state index in [4.69, 9.17) is 9.84 Å². The summed E-state index contributed by atoms with van der Waals surface area (Å²) in [6.45, 7) is 5.52. The molecule has 0 aromatic heterocycles. The SMILES string of the molecule is CC1CC(=O)OC1(C)C(C)(CO)CCO. The maximum absolute atomic E-state index is 11.3. The van der Waals surface area contributed by atoms with Gasteiger partial charge in [-0.15, -0.1) is 0 Å². The van der Waals surface area contributed by atoms with E-state index in [0.29, 0.717) is 12.8 Å². The van der Waals surface area contributed by atoms with Crippen molar-refractivity contribution >= 4 is 5.97 Å². The van der Waals surface area contributed by atoms with Crippen molar-refractivity contribution in [2.75, 3.05) is 13.2 Å². The van der Waals surface area contributed by atoms with Crippen LogP contribution in [-0.2, 0) is 9.53 Å². The highest BCUT2D eigenvalue weighted by Gasteiger charge is 2.54. The molecular weight excluding hydrogens is 196 g/mol. The minimum atomic E-state index is -0.679. The highest BCUT2D eigenvalue weighted by Crippen LogP contribution is 2.47. The fraction of sp³-hybridized carbons (Fsp3) is 0.909. The Kier molecular flexibility index (Phi) is 3.41. The highest BCUT2D eigenvalue weighted by molar-refractivity contribution is 5.73. The Hall–Kier alpha value is -0.610. The second-order valence-corrected chi connectivity index (χ2v) is 4.88. The van der Waals surface area contributed by atoms with Gasteiger partial charge in [-0.25, -0.2) is 0 Å². The van der Waals surface area contributed by atoms with Crippen molar-refractivity contribution in [3.8, 4) is 0 Å². The van der Waals surface area contributed by atoms with Gasteiger partial charge in [0.2, 0.25) is 0 Å². The minimum Gasteiger partial charge on any atom is -0.458 e. The van der Waals surface area contributed by atoms with Crippen LogP contribution in [0.3, 0.4) is 0 Å². The van der Waals surface area contributed by atoms with Crippen LogP contribution in [0.2, 0.25) is 0 Å². The molecule has 1 rings (SSSR count). The second kappa shape index (κ2) is 4.10. The third kappa shape index (κ3) is 1.88. The molecule has 3 unspecified atom stereocenters. The fourth-order valence-electron chi connectivity index (χ4n) is 2.27. The van der Waals surface area contributed by atoms with Crippen LogP contribution in [0, 0.1) is 11.3 Å². The Morgan fingerprint density at radius 1 is 1.60 bits per heavy atom. The molecule has 0 aliphatic carbocycles. The summed E-state index contributed by atoms with van der Waals surface area (Å²) in [6.07, 6.45) is 0.815. The maximum atomic E-state index is 11.3. The van der Waals surface area contributed by atoms with Crippen molar-refractivity contribution in [2.45, 2.75) is 39.2 Å². The molecule has 4 nitrogen and oxygen atoms in total. The number of aliphatic hydroxyl groups excluding tert-OH is 2. The minimum absolute atomic E-state index is 0.0169. The lowest BCUT2D eigenvalue weighted by Crippen LogP contribution is -2.50.